The first-order valence-corrected chi connectivity index (χ1v) is 4.73. The van der Waals surface area contributed by atoms with Crippen LogP contribution in [-0.2, 0) is 9.53 Å². The molecular formula is C10H16N2O3. The van der Waals surface area contributed by atoms with Crippen molar-refractivity contribution in [3.63, 3.8) is 0 Å². The quantitative estimate of drug-likeness (QED) is 0.742. The predicted octanol–water partition coefficient (Wildman–Crippen LogP) is 0.431. The lowest BCUT2D eigenvalue weighted by Gasteiger charge is -2.15. The second-order valence-electron chi connectivity index (χ2n) is 3.31. The van der Waals surface area contributed by atoms with Crippen LogP contribution in [0.25, 0.3) is 0 Å². The molecule has 0 spiro atoms. The molecule has 5 heteroatoms. The Morgan fingerprint density at radius 2 is 2.47 bits per heavy atom. The van der Waals surface area contributed by atoms with Crippen molar-refractivity contribution in [2.45, 2.75) is 19.0 Å². The number of nitrogens with two attached hydrogens (primary N) is 1. The third kappa shape index (κ3) is 3.38. The van der Waals surface area contributed by atoms with E-state index < -0.39 is 6.04 Å². The summed E-state index contributed by atoms with van der Waals surface area (Å²) in [6.07, 6.45) is 1.56. The normalized spacial score (nSPS) is 14.6. The molecule has 1 aromatic rings. The Balaban J connectivity index is 2.44. The predicted molar refractivity (Wildman–Crippen MR) is 55.1 cm³/mol. The number of ether oxygens (including phenoxy) is 1. The van der Waals surface area contributed by atoms with Gasteiger partial charge in [-0.25, -0.2) is 0 Å². The molecule has 15 heavy (non-hydrogen) atoms. The first-order valence-electron chi connectivity index (χ1n) is 4.73. The van der Waals surface area contributed by atoms with Crippen LogP contribution in [0, 0.1) is 0 Å². The van der Waals surface area contributed by atoms with E-state index in [1.54, 1.807) is 18.4 Å². The summed E-state index contributed by atoms with van der Waals surface area (Å²) < 4.78 is 9.94. The molecule has 0 radical (unpaired) electrons. The van der Waals surface area contributed by atoms with E-state index in [-0.39, 0.29) is 18.6 Å². The molecule has 84 valence electrons. The fourth-order valence-electron chi connectivity index (χ4n) is 1.18. The Kier molecular flexibility index (Phi) is 4.33. The number of methoxy groups -OCH3 is 1. The van der Waals surface area contributed by atoms with E-state index in [2.05, 4.69) is 5.32 Å². The standard InChI is InChI=1S/C10H16N2O3/c1-7(9-4-3-5-15-9)12-10(13)8(11)6-14-2/h3-5,7-8H,6,11H2,1-2H3,(H,12,13)/t7-,8?/m0/s1. The van der Waals surface area contributed by atoms with E-state index >= 15 is 0 Å². The Bertz CT molecular complexity index is 298. The van der Waals surface area contributed by atoms with Gasteiger partial charge in [0.25, 0.3) is 0 Å². The summed E-state index contributed by atoms with van der Waals surface area (Å²) in [5, 5.41) is 2.73. The summed E-state index contributed by atoms with van der Waals surface area (Å²) >= 11 is 0. The van der Waals surface area contributed by atoms with Crippen LogP contribution in [0.15, 0.2) is 22.8 Å². The molecule has 0 bridgehead atoms. The summed E-state index contributed by atoms with van der Waals surface area (Å²) in [4.78, 5) is 11.5. The Morgan fingerprint density at radius 1 is 1.73 bits per heavy atom. The number of rotatable bonds is 5. The highest BCUT2D eigenvalue weighted by molar-refractivity contribution is 5.81. The van der Waals surface area contributed by atoms with Gasteiger partial charge in [-0.3, -0.25) is 4.79 Å². The lowest BCUT2D eigenvalue weighted by molar-refractivity contribution is -0.124. The lowest BCUT2D eigenvalue weighted by atomic mass is 10.2. The number of carbonyl (C=O) groups excluding carboxylic acids is 1. The van der Waals surface area contributed by atoms with E-state index in [1.165, 1.54) is 7.11 Å². The highest BCUT2D eigenvalue weighted by Crippen LogP contribution is 2.11. The van der Waals surface area contributed by atoms with E-state index in [1.807, 2.05) is 6.92 Å². The molecule has 1 unspecified atom stereocenters. The van der Waals surface area contributed by atoms with Gasteiger partial charge in [-0.15, -0.1) is 0 Å². The van der Waals surface area contributed by atoms with Crippen molar-refractivity contribution >= 4 is 5.91 Å². The second-order valence-corrected chi connectivity index (χ2v) is 3.31. The summed E-state index contributed by atoms with van der Waals surface area (Å²) in [6, 6.07) is 2.74. The van der Waals surface area contributed by atoms with Gasteiger partial charge in [-0.05, 0) is 19.1 Å². The maximum atomic E-state index is 11.5. The number of hydrogen-bond acceptors (Lipinski definition) is 4. The number of nitrogens with one attached hydrogen (secondary N) is 1. The monoisotopic (exact) mass is 212 g/mol. The van der Waals surface area contributed by atoms with Gasteiger partial charge in [0, 0.05) is 7.11 Å². The zero-order valence-corrected chi connectivity index (χ0v) is 8.90. The summed E-state index contributed by atoms with van der Waals surface area (Å²) in [5.41, 5.74) is 5.56. The van der Waals surface area contributed by atoms with Gasteiger partial charge < -0.3 is 20.2 Å². The van der Waals surface area contributed by atoms with Gasteiger partial charge >= 0.3 is 0 Å². The minimum absolute atomic E-state index is 0.185. The van der Waals surface area contributed by atoms with Crippen LogP contribution in [0.3, 0.4) is 0 Å². The van der Waals surface area contributed by atoms with Crippen LogP contribution in [0.2, 0.25) is 0 Å². The van der Waals surface area contributed by atoms with Gasteiger partial charge in [0.2, 0.25) is 5.91 Å². The van der Waals surface area contributed by atoms with Crippen LogP contribution >= 0.6 is 0 Å². The third-order valence-corrected chi connectivity index (χ3v) is 2.01. The van der Waals surface area contributed by atoms with E-state index in [0.717, 1.165) is 0 Å². The molecule has 0 saturated heterocycles. The fraction of sp³-hybridized carbons (Fsp3) is 0.500. The van der Waals surface area contributed by atoms with Crippen molar-refractivity contribution in [3.05, 3.63) is 24.2 Å². The van der Waals surface area contributed by atoms with Crippen LogP contribution in [0.4, 0.5) is 0 Å². The minimum atomic E-state index is -0.646. The van der Waals surface area contributed by atoms with Crippen molar-refractivity contribution in [2.75, 3.05) is 13.7 Å². The molecule has 0 aromatic carbocycles. The molecule has 5 nitrogen and oxygen atoms in total. The van der Waals surface area contributed by atoms with E-state index in [0.29, 0.717) is 5.76 Å². The average molecular weight is 212 g/mol. The van der Waals surface area contributed by atoms with Gasteiger partial charge in [0.15, 0.2) is 0 Å². The molecule has 1 rings (SSSR count). The van der Waals surface area contributed by atoms with Crippen LogP contribution < -0.4 is 11.1 Å². The molecule has 1 aromatic heterocycles. The van der Waals surface area contributed by atoms with E-state index in [9.17, 15) is 4.79 Å². The maximum Gasteiger partial charge on any atom is 0.239 e. The first-order chi connectivity index (χ1) is 7.15. The summed E-state index contributed by atoms with van der Waals surface area (Å²) in [6.45, 7) is 2.03. The second kappa shape index (κ2) is 5.53. The molecular weight excluding hydrogens is 196 g/mol. The summed E-state index contributed by atoms with van der Waals surface area (Å²) in [5.74, 6) is 0.453. The molecule has 1 amide bonds. The van der Waals surface area contributed by atoms with Crippen molar-refractivity contribution < 1.29 is 13.9 Å². The Labute approximate surface area is 88.6 Å². The van der Waals surface area contributed by atoms with Crippen molar-refractivity contribution in [1.82, 2.24) is 5.32 Å². The Morgan fingerprint density at radius 3 is 3.00 bits per heavy atom. The highest BCUT2D eigenvalue weighted by atomic mass is 16.5. The topological polar surface area (TPSA) is 77.5 Å². The summed E-state index contributed by atoms with van der Waals surface area (Å²) in [7, 11) is 1.50. The molecule has 0 saturated carbocycles. The number of amides is 1. The van der Waals surface area contributed by atoms with Crippen molar-refractivity contribution in [3.8, 4) is 0 Å². The zero-order chi connectivity index (χ0) is 11.3. The van der Waals surface area contributed by atoms with Gasteiger partial charge in [-0.1, -0.05) is 0 Å². The highest BCUT2D eigenvalue weighted by Gasteiger charge is 2.17. The zero-order valence-electron chi connectivity index (χ0n) is 8.90. The lowest BCUT2D eigenvalue weighted by Crippen LogP contribution is -2.44. The fourth-order valence-corrected chi connectivity index (χ4v) is 1.18. The maximum absolute atomic E-state index is 11.5. The van der Waals surface area contributed by atoms with Crippen LogP contribution in [0.5, 0.6) is 0 Å². The molecule has 0 aliphatic rings. The molecule has 0 aliphatic heterocycles. The first kappa shape index (κ1) is 11.7. The third-order valence-electron chi connectivity index (χ3n) is 2.01. The molecule has 0 fully saturated rings. The molecule has 3 N–H and O–H groups in total. The van der Waals surface area contributed by atoms with E-state index in [4.69, 9.17) is 14.9 Å². The van der Waals surface area contributed by atoms with Crippen LogP contribution in [0.1, 0.15) is 18.7 Å². The van der Waals surface area contributed by atoms with Gasteiger partial charge in [0.1, 0.15) is 11.8 Å². The average Bonchev–Trinajstić information content (AvgIpc) is 2.70. The largest absolute Gasteiger partial charge is 0.467 e. The van der Waals surface area contributed by atoms with Crippen molar-refractivity contribution in [1.29, 1.82) is 0 Å². The van der Waals surface area contributed by atoms with Crippen molar-refractivity contribution in [2.24, 2.45) is 5.73 Å². The van der Waals surface area contributed by atoms with Gasteiger partial charge in [-0.2, -0.15) is 0 Å². The smallest absolute Gasteiger partial charge is 0.239 e. The number of furan rings is 1. The Hall–Kier alpha value is -1.33. The van der Waals surface area contributed by atoms with Crippen LogP contribution in [-0.4, -0.2) is 25.7 Å². The number of carbonyl (C=O) groups is 1. The molecule has 1 heterocycles. The minimum Gasteiger partial charge on any atom is -0.467 e. The molecule has 0 aliphatic carbocycles. The number of hydrogen-bond donors (Lipinski definition) is 2. The van der Waals surface area contributed by atoms with Gasteiger partial charge in [0.05, 0.1) is 18.9 Å². The molecule has 2 atom stereocenters. The SMILES string of the molecule is COCC(N)C(=O)N[C@@H](C)c1ccco1.